The Bertz CT molecular complexity index is 512. The van der Waals surface area contributed by atoms with Gasteiger partial charge in [0.1, 0.15) is 6.61 Å². The topological polar surface area (TPSA) is 66.8 Å². The highest BCUT2D eigenvalue weighted by molar-refractivity contribution is 5.97. The molecule has 0 aliphatic carbocycles. The molecule has 1 aromatic carbocycles. The zero-order valence-electron chi connectivity index (χ0n) is 11.7. The van der Waals surface area contributed by atoms with E-state index in [0.717, 1.165) is 11.3 Å². The third-order valence-electron chi connectivity index (χ3n) is 3.33. The second kappa shape index (κ2) is 6.05. The van der Waals surface area contributed by atoms with Gasteiger partial charge in [-0.05, 0) is 25.5 Å². The smallest absolute Gasteiger partial charge is 0.304 e. The summed E-state index contributed by atoms with van der Waals surface area (Å²) in [6.45, 7) is 4.18. The lowest BCUT2D eigenvalue weighted by Crippen LogP contribution is -2.34. The zero-order valence-corrected chi connectivity index (χ0v) is 11.7. The maximum Gasteiger partial charge on any atom is 0.304 e. The molecule has 0 bridgehead atoms. The van der Waals surface area contributed by atoms with Gasteiger partial charge in [0, 0.05) is 18.2 Å². The number of anilines is 1. The van der Waals surface area contributed by atoms with Crippen LogP contribution in [0.5, 0.6) is 0 Å². The Labute approximate surface area is 118 Å². The predicted molar refractivity (Wildman–Crippen MR) is 74.9 cm³/mol. The van der Waals surface area contributed by atoms with Gasteiger partial charge in [0.15, 0.2) is 0 Å². The van der Waals surface area contributed by atoms with E-state index in [1.54, 1.807) is 4.90 Å². The Balaban J connectivity index is 2.16. The number of carboxylic acid groups (broad SMARTS) is 1. The Hall–Kier alpha value is -1.88. The van der Waals surface area contributed by atoms with E-state index in [1.807, 2.05) is 38.1 Å². The molecule has 1 heterocycles. The van der Waals surface area contributed by atoms with Crippen LogP contribution in [-0.4, -0.2) is 36.2 Å². The highest BCUT2D eigenvalue weighted by atomic mass is 16.5. The minimum absolute atomic E-state index is 0.00777. The van der Waals surface area contributed by atoms with Crippen molar-refractivity contribution in [2.45, 2.75) is 32.3 Å². The number of carbonyl (C=O) groups excluding carboxylic acids is 1. The summed E-state index contributed by atoms with van der Waals surface area (Å²) in [5, 5.41) is 8.97. The molecule has 0 spiro atoms. The first kappa shape index (κ1) is 14.5. The van der Waals surface area contributed by atoms with Crippen LogP contribution < -0.4 is 4.90 Å². The fraction of sp³-hybridized carbons (Fsp3) is 0.467. The number of para-hydroxylation sites is 1. The lowest BCUT2D eigenvalue weighted by atomic mass is 9.98. The lowest BCUT2D eigenvalue weighted by molar-refractivity contribution is -0.137. The molecule has 0 saturated carbocycles. The van der Waals surface area contributed by atoms with E-state index in [9.17, 15) is 9.59 Å². The van der Waals surface area contributed by atoms with Crippen molar-refractivity contribution in [3.05, 3.63) is 29.8 Å². The van der Waals surface area contributed by atoms with Gasteiger partial charge < -0.3 is 14.7 Å². The standard InChI is InChI=1S/C15H19NO4/c1-10(2)20-9-14(17)16-8-11(7-15(18)19)12-5-3-4-6-13(12)16/h3-6,10-11H,7-9H2,1-2H3,(H,18,19). The van der Waals surface area contributed by atoms with Gasteiger partial charge in [-0.25, -0.2) is 0 Å². The fourth-order valence-electron chi connectivity index (χ4n) is 2.43. The molecule has 5 heteroatoms. The predicted octanol–water partition coefficient (Wildman–Crippen LogP) is 2.02. The second-order valence-corrected chi connectivity index (χ2v) is 5.22. The van der Waals surface area contributed by atoms with E-state index in [1.165, 1.54) is 0 Å². The summed E-state index contributed by atoms with van der Waals surface area (Å²) in [7, 11) is 0. The number of ether oxygens (including phenoxy) is 1. The zero-order chi connectivity index (χ0) is 14.7. The van der Waals surface area contributed by atoms with E-state index in [2.05, 4.69) is 0 Å². The summed E-state index contributed by atoms with van der Waals surface area (Å²) in [6, 6.07) is 7.46. The van der Waals surface area contributed by atoms with Crippen LogP contribution in [0.4, 0.5) is 5.69 Å². The number of hydrogen-bond acceptors (Lipinski definition) is 3. The Morgan fingerprint density at radius 3 is 2.75 bits per heavy atom. The summed E-state index contributed by atoms with van der Waals surface area (Å²) in [5.74, 6) is -1.12. The molecule has 0 saturated heterocycles. The van der Waals surface area contributed by atoms with E-state index in [-0.39, 0.29) is 31.0 Å². The van der Waals surface area contributed by atoms with E-state index in [0.29, 0.717) is 6.54 Å². The maximum atomic E-state index is 12.2. The maximum absolute atomic E-state index is 12.2. The van der Waals surface area contributed by atoms with Gasteiger partial charge >= 0.3 is 5.97 Å². The number of fused-ring (bicyclic) bond motifs is 1. The van der Waals surface area contributed by atoms with Crippen molar-refractivity contribution < 1.29 is 19.4 Å². The van der Waals surface area contributed by atoms with Crippen LogP contribution in [0, 0.1) is 0 Å². The van der Waals surface area contributed by atoms with Gasteiger partial charge in [0.25, 0.3) is 5.91 Å². The second-order valence-electron chi connectivity index (χ2n) is 5.22. The first-order valence-electron chi connectivity index (χ1n) is 6.71. The molecule has 20 heavy (non-hydrogen) atoms. The van der Waals surface area contributed by atoms with Crippen LogP contribution in [-0.2, 0) is 14.3 Å². The van der Waals surface area contributed by atoms with E-state index < -0.39 is 5.97 Å². The summed E-state index contributed by atoms with van der Waals surface area (Å²) in [6.07, 6.45) is 0.0258. The van der Waals surface area contributed by atoms with Gasteiger partial charge in [-0.1, -0.05) is 18.2 Å². The van der Waals surface area contributed by atoms with E-state index in [4.69, 9.17) is 9.84 Å². The Kier molecular flexibility index (Phi) is 4.39. The van der Waals surface area contributed by atoms with Gasteiger partial charge in [0.2, 0.25) is 0 Å². The number of hydrogen-bond donors (Lipinski definition) is 1. The van der Waals surface area contributed by atoms with Crippen molar-refractivity contribution in [2.24, 2.45) is 0 Å². The van der Waals surface area contributed by atoms with Crippen LogP contribution in [0.25, 0.3) is 0 Å². The molecule has 108 valence electrons. The van der Waals surface area contributed by atoms with Gasteiger partial charge in [-0.15, -0.1) is 0 Å². The van der Waals surface area contributed by atoms with Gasteiger partial charge in [-0.2, -0.15) is 0 Å². The summed E-state index contributed by atoms with van der Waals surface area (Å²) >= 11 is 0. The molecule has 0 radical (unpaired) electrons. The minimum Gasteiger partial charge on any atom is -0.481 e. The van der Waals surface area contributed by atoms with Crippen LogP contribution in [0.2, 0.25) is 0 Å². The first-order chi connectivity index (χ1) is 9.49. The summed E-state index contributed by atoms with van der Waals surface area (Å²) < 4.78 is 5.34. The molecule has 0 fully saturated rings. The highest BCUT2D eigenvalue weighted by Crippen LogP contribution is 2.37. The van der Waals surface area contributed by atoms with Crippen molar-refractivity contribution in [2.75, 3.05) is 18.1 Å². The average Bonchev–Trinajstić information content (AvgIpc) is 2.74. The number of benzene rings is 1. The van der Waals surface area contributed by atoms with Crippen molar-refractivity contribution in [1.29, 1.82) is 0 Å². The average molecular weight is 277 g/mol. The van der Waals surface area contributed by atoms with Crippen molar-refractivity contribution in [3.8, 4) is 0 Å². The monoisotopic (exact) mass is 277 g/mol. The molecule has 1 N–H and O–H groups in total. The molecule has 1 aliphatic heterocycles. The number of aliphatic carboxylic acids is 1. The fourth-order valence-corrected chi connectivity index (χ4v) is 2.43. The first-order valence-corrected chi connectivity index (χ1v) is 6.71. The number of amides is 1. The molecule has 5 nitrogen and oxygen atoms in total. The Morgan fingerprint density at radius 1 is 1.40 bits per heavy atom. The summed E-state index contributed by atoms with van der Waals surface area (Å²) in [5.41, 5.74) is 1.73. The third-order valence-corrected chi connectivity index (χ3v) is 3.33. The molecular formula is C15H19NO4. The molecule has 1 aromatic rings. The largest absolute Gasteiger partial charge is 0.481 e. The van der Waals surface area contributed by atoms with Crippen molar-refractivity contribution in [3.63, 3.8) is 0 Å². The lowest BCUT2D eigenvalue weighted by Gasteiger charge is -2.18. The quantitative estimate of drug-likeness (QED) is 0.894. The normalized spacial score (nSPS) is 17.4. The van der Waals surface area contributed by atoms with Crippen LogP contribution in [0.15, 0.2) is 24.3 Å². The molecule has 1 unspecified atom stereocenters. The van der Waals surface area contributed by atoms with Gasteiger partial charge in [-0.3, -0.25) is 9.59 Å². The van der Waals surface area contributed by atoms with E-state index >= 15 is 0 Å². The SMILES string of the molecule is CC(C)OCC(=O)N1CC(CC(=O)O)c2ccccc21. The number of carbonyl (C=O) groups is 2. The number of rotatable bonds is 5. The molecule has 1 aliphatic rings. The minimum atomic E-state index is -0.850. The van der Waals surface area contributed by atoms with Crippen molar-refractivity contribution >= 4 is 17.6 Å². The van der Waals surface area contributed by atoms with Crippen LogP contribution in [0.3, 0.4) is 0 Å². The number of nitrogens with zero attached hydrogens (tertiary/aromatic N) is 1. The molecule has 2 rings (SSSR count). The highest BCUT2D eigenvalue weighted by Gasteiger charge is 2.33. The number of carboxylic acids is 1. The molecule has 0 aromatic heterocycles. The van der Waals surface area contributed by atoms with Crippen LogP contribution in [0.1, 0.15) is 31.7 Å². The Morgan fingerprint density at radius 2 is 2.10 bits per heavy atom. The molecule has 1 amide bonds. The molecule has 1 atom stereocenters. The van der Waals surface area contributed by atoms with Gasteiger partial charge in [0.05, 0.1) is 12.5 Å². The van der Waals surface area contributed by atoms with Crippen LogP contribution >= 0.6 is 0 Å². The van der Waals surface area contributed by atoms with Crippen molar-refractivity contribution in [1.82, 2.24) is 0 Å². The molecular weight excluding hydrogens is 258 g/mol. The summed E-state index contributed by atoms with van der Waals surface area (Å²) in [4.78, 5) is 24.8. The third kappa shape index (κ3) is 3.17.